The van der Waals surface area contributed by atoms with Crippen LogP contribution in [0.5, 0.6) is 0 Å². The van der Waals surface area contributed by atoms with Gasteiger partial charge in [-0.1, -0.05) is 0 Å². The molecule has 0 bridgehead atoms. The van der Waals surface area contributed by atoms with E-state index in [2.05, 4.69) is 0 Å². The van der Waals surface area contributed by atoms with Crippen molar-refractivity contribution in [3.05, 3.63) is 0 Å². The van der Waals surface area contributed by atoms with Crippen molar-refractivity contribution in [2.75, 3.05) is 38.9 Å². The minimum absolute atomic E-state index is 0.0196. The van der Waals surface area contributed by atoms with Crippen LogP contribution in [0.2, 0.25) is 0 Å². The average Bonchev–Trinajstić information content (AvgIpc) is 2.42. The number of amides is 1. The van der Waals surface area contributed by atoms with Gasteiger partial charge >= 0.3 is 5.97 Å². The van der Waals surface area contributed by atoms with E-state index >= 15 is 0 Å². The van der Waals surface area contributed by atoms with Crippen molar-refractivity contribution >= 4 is 23.6 Å². The number of thioether (sulfide) groups is 1. The highest BCUT2D eigenvalue weighted by Crippen LogP contribution is 2.19. The molecule has 0 spiro atoms. The Balaban J connectivity index is 2.44. The van der Waals surface area contributed by atoms with E-state index in [9.17, 15) is 9.59 Å². The number of nitrogens with zero attached hydrogens (tertiary/aromatic N) is 1. The molecular weight excluding hydrogens is 254 g/mol. The molecule has 0 aromatic heterocycles. The van der Waals surface area contributed by atoms with Gasteiger partial charge in [0.25, 0.3) is 0 Å². The number of carbonyl (C=O) groups excluding carboxylic acids is 2. The van der Waals surface area contributed by atoms with Gasteiger partial charge in [0.15, 0.2) is 0 Å². The summed E-state index contributed by atoms with van der Waals surface area (Å²) in [5.41, 5.74) is 0. The smallest absolute Gasteiger partial charge is 0.328 e. The molecule has 0 radical (unpaired) electrons. The van der Waals surface area contributed by atoms with Gasteiger partial charge in [-0.2, -0.15) is 0 Å². The Labute approximate surface area is 112 Å². The predicted octanol–water partition coefficient (Wildman–Crippen LogP) is 0.920. The maximum atomic E-state index is 12.0. The molecule has 0 aromatic carbocycles. The summed E-state index contributed by atoms with van der Waals surface area (Å²) in [6.45, 7) is 1.29. The lowest BCUT2D eigenvalue weighted by Crippen LogP contribution is -2.49. The standard InChI is InChI=1S/C12H21NO4S/c1-16-7-8-18-9-11(14)13-6-4-3-5-10(13)12(15)17-2/h10H,3-9H2,1-2H3. The Morgan fingerprint density at radius 3 is 2.78 bits per heavy atom. The summed E-state index contributed by atoms with van der Waals surface area (Å²) in [6.07, 6.45) is 2.64. The summed E-state index contributed by atoms with van der Waals surface area (Å²) in [6, 6.07) is -0.390. The van der Waals surface area contributed by atoms with Crippen molar-refractivity contribution in [1.82, 2.24) is 4.90 Å². The monoisotopic (exact) mass is 275 g/mol. The van der Waals surface area contributed by atoms with E-state index in [0.717, 1.165) is 18.6 Å². The molecule has 1 saturated heterocycles. The molecule has 1 rings (SSSR count). The first-order chi connectivity index (χ1) is 8.70. The molecule has 0 aliphatic carbocycles. The lowest BCUT2D eigenvalue weighted by Gasteiger charge is -2.33. The van der Waals surface area contributed by atoms with Gasteiger partial charge in [0, 0.05) is 19.4 Å². The van der Waals surface area contributed by atoms with Crippen LogP contribution in [-0.4, -0.2) is 61.7 Å². The molecule has 18 heavy (non-hydrogen) atoms. The first kappa shape index (κ1) is 15.3. The molecule has 0 N–H and O–H groups in total. The zero-order chi connectivity index (χ0) is 13.4. The van der Waals surface area contributed by atoms with Crippen LogP contribution in [0.15, 0.2) is 0 Å². The number of hydrogen-bond acceptors (Lipinski definition) is 5. The minimum Gasteiger partial charge on any atom is -0.467 e. The quantitative estimate of drug-likeness (QED) is 0.533. The second kappa shape index (κ2) is 8.37. The van der Waals surface area contributed by atoms with Crippen LogP contribution < -0.4 is 0 Å². The molecule has 104 valence electrons. The topological polar surface area (TPSA) is 55.8 Å². The summed E-state index contributed by atoms with van der Waals surface area (Å²) < 4.78 is 9.68. The number of hydrogen-bond donors (Lipinski definition) is 0. The molecule has 0 saturated carbocycles. The molecule has 1 amide bonds. The number of likely N-dealkylation sites (tertiary alicyclic amines) is 1. The van der Waals surface area contributed by atoms with Gasteiger partial charge in [-0.15, -0.1) is 11.8 Å². The van der Waals surface area contributed by atoms with Gasteiger partial charge in [0.1, 0.15) is 6.04 Å². The van der Waals surface area contributed by atoms with E-state index in [4.69, 9.17) is 9.47 Å². The van der Waals surface area contributed by atoms with Crippen molar-refractivity contribution in [3.63, 3.8) is 0 Å². The van der Waals surface area contributed by atoms with Crippen molar-refractivity contribution < 1.29 is 19.1 Å². The number of ether oxygens (including phenoxy) is 2. The first-order valence-electron chi connectivity index (χ1n) is 6.14. The Morgan fingerprint density at radius 1 is 1.33 bits per heavy atom. The number of piperidine rings is 1. The normalized spacial score (nSPS) is 19.7. The van der Waals surface area contributed by atoms with Gasteiger partial charge < -0.3 is 14.4 Å². The van der Waals surface area contributed by atoms with E-state index < -0.39 is 0 Å². The molecule has 6 heteroatoms. The van der Waals surface area contributed by atoms with Crippen LogP contribution in [0.1, 0.15) is 19.3 Å². The lowest BCUT2D eigenvalue weighted by molar-refractivity contribution is -0.153. The molecule has 1 atom stereocenters. The van der Waals surface area contributed by atoms with E-state index in [-0.39, 0.29) is 17.9 Å². The summed E-state index contributed by atoms with van der Waals surface area (Å²) in [5.74, 6) is 0.909. The molecule has 1 fully saturated rings. The molecular formula is C12H21NO4S. The third-order valence-electron chi connectivity index (χ3n) is 2.95. The van der Waals surface area contributed by atoms with Crippen LogP contribution in [-0.2, 0) is 19.1 Å². The fraction of sp³-hybridized carbons (Fsp3) is 0.833. The summed E-state index contributed by atoms with van der Waals surface area (Å²) in [4.78, 5) is 25.3. The second-order valence-electron chi connectivity index (χ2n) is 4.17. The van der Waals surface area contributed by atoms with Crippen molar-refractivity contribution in [2.45, 2.75) is 25.3 Å². The number of esters is 1. The van der Waals surface area contributed by atoms with Crippen LogP contribution in [0.25, 0.3) is 0 Å². The lowest BCUT2D eigenvalue weighted by atomic mass is 10.0. The van der Waals surface area contributed by atoms with E-state index in [0.29, 0.717) is 25.3 Å². The molecule has 1 unspecified atom stereocenters. The Hall–Kier alpha value is -0.750. The third-order valence-corrected chi connectivity index (χ3v) is 3.86. The van der Waals surface area contributed by atoms with Gasteiger partial charge in [0.2, 0.25) is 5.91 Å². The van der Waals surface area contributed by atoms with Crippen LogP contribution in [0.3, 0.4) is 0 Å². The number of methoxy groups -OCH3 is 2. The SMILES string of the molecule is COCCSCC(=O)N1CCCCC1C(=O)OC. The van der Waals surface area contributed by atoms with Gasteiger partial charge in [0.05, 0.1) is 19.5 Å². The van der Waals surface area contributed by atoms with E-state index in [1.54, 1.807) is 12.0 Å². The van der Waals surface area contributed by atoms with Crippen LogP contribution in [0.4, 0.5) is 0 Å². The highest BCUT2D eigenvalue weighted by molar-refractivity contribution is 7.99. The number of carbonyl (C=O) groups is 2. The van der Waals surface area contributed by atoms with E-state index in [1.807, 2.05) is 0 Å². The van der Waals surface area contributed by atoms with Crippen LogP contribution >= 0.6 is 11.8 Å². The second-order valence-corrected chi connectivity index (χ2v) is 5.27. The molecule has 5 nitrogen and oxygen atoms in total. The first-order valence-corrected chi connectivity index (χ1v) is 7.30. The van der Waals surface area contributed by atoms with E-state index in [1.165, 1.54) is 18.9 Å². The summed E-state index contributed by atoms with van der Waals surface area (Å²) in [7, 11) is 3.01. The maximum Gasteiger partial charge on any atom is 0.328 e. The largest absolute Gasteiger partial charge is 0.467 e. The van der Waals surface area contributed by atoms with Gasteiger partial charge in [-0.25, -0.2) is 4.79 Å². The minimum atomic E-state index is -0.390. The fourth-order valence-corrected chi connectivity index (χ4v) is 2.77. The Kier molecular flexibility index (Phi) is 7.12. The van der Waals surface area contributed by atoms with Gasteiger partial charge in [-0.05, 0) is 19.3 Å². The third kappa shape index (κ3) is 4.49. The highest BCUT2D eigenvalue weighted by atomic mass is 32.2. The fourth-order valence-electron chi connectivity index (χ4n) is 2.00. The zero-order valence-electron chi connectivity index (χ0n) is 11.0. The molecule has 1 heterocycles. The zero-order valence-corrected chi connectivity index (χ0v) is 11.8. The Morgan fingerprint density at radius 2 is 2.11 bits per heavy atom. The highest BCUT2D eigenvalue weighted by Gasteiger charge is 2.32. The molecule has 1 aliphatic rings. The number of rotatable bonds is 6. The van der Waals surface area contributed by atoms with Crippen molar-refractivity contribution in [1.29, 1.82) is 0 Å². The maximum absolute atomic E-state index is 12.0. The van der Waals surface area contributed by atoms with Crippen molar-refractivity contribution in [2.24, 2.45) is 0 Å². The summed E-state index contributed by atoms with van der Waals surface area (Å²) >= 11 is 1.53. The van der Waals surface area contributed by atoms with Crippen LogP contribution in [0, 0.1) is 0 Å². The van der Waals surface area contributed by atoms with Crippen molar-refractivity contribution in [3.8, 4) is 0 Å². The predicted molar refractivity (Wildman–Crippen MR) is 70.6 cm³/mol. The molecule has 0 aromatic rings. The summed E-state index contributed by atoms with van der Waals surface area (Å²) in [5, 5.41) is 0. The van der Waals surface area contributed by atoms with Gasteiger partial charge in [-0.3, -0.25) is 4.79 Å². The Bertz CT molecular complexity index is 285. The average molecular weight is 275 g/mol. The molecule has 1 aliphatic heterocycles.